The number of anilines is 1. The van der Waals surface area contributed by atoms with Gasteiger partial charge in [0.25, 0.3) is 0 Å². The summed E-state index contributed by atoms with van der Waals surface area (Å²) in [5.41, 5.74) is 0.0983. The smallest absolute Gasteiger partial charge is 0.243 e. The number of piperidine rings is 1. The number of carbonyl (C=O) groups is 1. The van der Waals surface area contributed by atoms with E-state index in [9.17, 15) is 17.6 Å². The first-order valence-corrected chi connectivity index (χ1v) is 11.4. The Balaban J connectivity index is 1.65. The third-order valence-corrected chi connectivity index (χ3v) is 7.46. The lowest BCUT2D eigenvalue weighted by Crippen LogP contribution is -2.41. The molecule has 2 aromatic carbocycles. The van der Waals surface area contributed by atoms with Gasteiger partial charge in [-0.3, -0.25) is 4.79 Å². The number of methoxy groups -OCH3 is 1. The molecule has 1 heterocycles. The van der Waals surface area contributed by atoms with E-state index < -0.39 is 21.8 Å². The third kappa shape index (κ3) is 4.91. The summed E-state index contributed by atoms with van der Waals surface area (Å²) >= 11 is 9.21. The predicted molar refractivity (Wildman–Crippen MR) is 112 cm³/mol. The number of halogens is 3. The summed E-state index contributed by atoms with van der Waals surface area (Å²) in [6, 6.07) is 8.67. The quantitative estimate of drug-likeness (QED) is 0.658. The van der Waals surface area contributed by atoms with E-state index in [-0.39, 0.29) is 34.6 Å². The molecule has 0 bridgehead atoms. The van der Waals surface area contributed by atoms with Crippen molar-refractivity contribution in [3.05, 3.63) is 51.7 Å². The van der Waals surface area contributed by atoms with Crippen LogP contribution in [0.2, 0.25) is 5.02 Å². The molecule has 1 saturated heterocycles. The molecule has 1 N–H and O–H groups in total. The fraction of sp³-hybridized carbons (Fsp3) is 0.316. The molecule has 1 aliphatic heterocycles. The second-order valence-corrected chi connectivity index (χ2v) is 9.85. The maximum absolute atomic E-state index is 13.9. The van der Waals surface area contributed by atoms with Gasteiger partial charge >= 0.3 is 0 Å². The molecule has 1 aliphatic rings. The zero-order chi connectivity index (χ0) is 21.2. The molecule has 2 aromatic rings. The molecule has 29 heavy (non-hydrogen) atoms. The molecule has 0 atom stereocenters. The number of hydrogen-bond acceptors (Lipinski definition) is 4. The van der Waals surface area contributed by atoms with Crippen LogP contribution < -0.4 is 10.1 Å². The van der Waals surface area contributed by atoms with Crippen LogP contribution >= 0.6 is 27.5 Å². The Bertz CT molecular complexity index is 1030. The molecular weight excluding hydrogens is 487 g/mol. The highest BCUT2D eigenvalue weighted by atomic mass is 79.9. The van der Waals surface area contributed by atoms with Gasteiger partial charge in [0.05, 0.1) is 22.7 Å². The highest BCUT2D eigenvalue weighted by Gasteiger charge is 2.32. The molecule has 0 radical (unpaired) electrons. The van der Waals surface area contributed by atoms with E-state index in [0.717, 1.165) is 0 Å². The minimum atomic E-state index is -3.73. The van der Waals surface area contributed by atoms with Crippen LogP contribution in [-0.4, -0.2) is 38.8 Å². The summed E-state index contributed by atoms with van der Waals surface area (Å²) in [4.78, 5) is 12.5. The molecule has 0 saturated carbocycles. The Morgan fingerprint density at radius 2 is 1.93 bits per heavy atom. The van der Waals surface area contributed by atoms with Crippen molar-refractivity contribution in [3.63, 3.8) is 0 Å². The Hall–Kier alpha value is -1.68. The zero-order valence-electron chi connectivity index (χ0n) is 15.5. The predicted octanol–water partition coefficient (Wildman–Crippen LogP) is 4.29. The Morgan fingerprint density at radius 3 is 2.52 bits per heavy atom. The summed E-state index contributed by atoms with van der Waals surface area (Å²) in [6.07, 6.45) is 0.681. The molecule has 1 amide bonds. The first-order valence-electron chi connectivity index (χ1n) is 8.82. The van der Waals surface area contributed by atoms with Crippen molar-refractivity contribution < 1.29 is 22.3 Å². The van der Waals surface area contributed by atoms with Crippen molar-refractivity contribution in [1.82, 2.24) is 4.31 Å². The first-order chi connectivity index (χ1) is 13.7. The molecule has 1 fully saturated rings. The van der Waals surface area contributed by atoms with Crippen LogP contribution in [0.4, 0.5) is 10.1 Å². The summed E-state index contributed by atoms with van der Waals surface area (Å²) in [6.45, 7) is 0.375. The van der Waals surface area contributed by atoms with Gasteiger partial charge in [0.1, 0.15) is 11.6 Å². The van der Waals surface area contributed by atoms with Crippen molar-refractivity contribution in [3.8, 4) is 5.75 Å². The first kappa shape index (κ1) is 22.0. The number of rotatable bonds is 5. The largest absolute Gasteiger partial charge is 0.495 e. The van der Waals surface area contributed by atoms with Crippen LogP contribution in [0.3, 0.4) is 0 Å². The highest BCUT2D eigenvalue weighted by molar-refractivity contribution is 9.10. The molecule has 0 aliphatic carbocycles. The maximum Gasteiger partial charge on any atom is 0.243 e. The number of benzene rings is 2. The van der Waals surface area contributed by atoms with Gasteiger partial charge in [0.15, 0.2) is 0 Å². The van der Waals surface area contributed by atoms with Gasteiger partial charge < -0.3 is 10.1 Å². The molecule has 0 unspecified atom stereocenters. The van der Waals surface area contributed by atoms with E-state index >= 15 is 0 Å². The van der Waals surface area contributed by atoms with Crippen LogP contribution in [0, 0.1) is 11.7 Å². The maximum atomic E-state index is 13.9. The average Bonchev–Trinajstić information content (AvgIpc) is 2.70. The molecule has 0 spiro atoms. The number of amides is 1. The Labute approximate surface area is 182 Å². The number of nitrogens with zero attached hydrogens (tertiary/aromatic N) is 1. The van der Waals surface area contributed by atoms with Crippen LogP contribution in [0.5, 0.6) is 5.75 Å². The monoisotopic (exact) mass is 504 g/mol. The van der Waals surface area contributed by atoms with Gasteiger partial charge in [-0.1, -0.05) is 27.5 Å². The van der Waals surface area contributed by atoms with Crippen molar-refractivity contribution in [1.29, 1.82) is 0 Å². The van der Waals surface area contributed by atoms with Crippen molar-refractivity contribution >= 4 is 49.1 Å². The zero-order valence-corrected chi connectivity index (χ0v) is 18.7. The highest BCUT2D eigenvalue weighted by Crippen LogP contribution is 2.30. The minimum Gasteiger partial charge on any atom is -0.495 e. The molecule has 0 aromatic heterocycles. The van der Waals surface area contributed by atoms with E-state index in [0.29, 0.717) is 23.1 Å². The number of hydrogen-bond donors (Lipinski definition) is 1. The molecule has 10 heteroatoms. The fourth-order valence-electron chi connectivity index (χ4n) is 3.14. The molecule has 6 nitrogen and oxygen atoms in total. The lowest BCUT2D eigenvalue weighted by molar-refractivity contribution is -0.120. The lowest BCUT2D eigenvalue weighted by atomic mass is 9.97. The number of carbonyl (C=O) groups excluding carboxylic acids is 1. The van der Waals surface area contributed by atoms with Gasteiger partial charge in [0.2, 0.25) is 15.9 Å². The van der Waals surface area contributed by atoms with E-state index in [1.54, 1.807) is 6.07 Å². The van der Waals surface area contributed by atoms with Crippen molar-refractivity contribution in [2.75, 3.05) is 25.5 Å². The number of nitrogens with one attached hydrogen (secondary N) is 1. The average molecular weight is 506 g/mol. The third-order valence-electron chi connectivity index (χ3n) is 4.77. The minimum absolute atomic E-state index is 0.0723. The lowest BCUT2D eigenvalue weighted by Gasteiger charge is -2.30. The summed E-state index contributed by atoms with van der Waals surface area (Å²) in [5, 5.41) is 2.79. The second-order valence-electron chi connectivity index (χ2n) is 6.59. The van der Waals surface area contributed by atoms with Gasteiger partial charge in [-0.25, -0.2) is 12.8 Å². The molecule has 156 valence electrons. The van der Waals surface area contributed by atoms with E-state index in [4.69, 9.17) is 16.3 Å². The summed E-state index contributed by atoms with van der Waals surface area (Å²) in [7, 11) is -2.28. The van der Waals surface area contributed by atoms with Crippen molar-refractivity contribution in [2.24, 2.45) is 5.92 Å². The van der Waals surface area contributed by atoms with Gasteiger partial charge in [-0.05, 0) is 49.2 Å². The molecule has 3 rings (SSSR count). The van der Waals surface area contributed by atoms with Crippen LogP contribution in [0.25, 0.3) is 0 Å². The standard InChI is InChI=1S/C19H19BrClFN2O4S/c1-28-18-5-3-14(11-15(18)21)29(26,27)24-8-6-12(7-9-24)19(25)23-17-4-2-13(20)10-16(17)22/h2-5,10-12H,6-9H2,1H3,(H,23,25). The molecular formula is C19H19BrClFN2O4S. The van der Waals surface area contributed by atoms with Gasteiger partial charge in [0, 0.05) is 23.5 Å². The van der Waals surface area contributed by atoms with E-state index in [1.807, 2.05) is 0 Å². The Kier molecular flexibility index (Phi) is 6.83. The van der Waals surface area contributed by atoms with Crippen molar-refractivity contribution in [2.45, 2.75) is 17.7 Å². The van der Waals surface area contributed by atoms with Crippen LogP contribution in [-0.2, 0) is 14.8 Å². The van der Waals surface area contributed by atoms with Crippen LogP contribution in [0.15, 0.2) is 45.8 Å². The second kappa shape index (κ2) is 8.99. The Morgan fingerprint density at radius 1 is 1.24 bits per heavy atom. The SMILES string of the molecule is COc1ccc(S(=O)(=O)N2CCC(C(=O)Nc3ccc(Br)cc3F)CC2)cc1Cl. The van der Waals surface area contributed by atoms with E-state index in [1.165, 1.54) is 41.7 Å². The van der Waals surface area contributed by atoms with Gasteiger partial charge in [-0.15, -0.1) is 0 Å². The summed E-state index contributed by atoms with van der Waals surface area (Å²) in [5.74, 6) is -0.870. The topological polar surface area (TPSA) is 75.7 Å². The number of ether oxygens (including phenoxy) is 1. The van der Waals surface area contributed by atoms with Gasteiger partial charge in [-0.2, -0.15) is 4.31 Å². The van der Waals surface area contributed by atoms with Crippen LogP contribution in [0.1, 0.15) is 12.8 Å². The number of sulfonamides is 1. The van der Waals surface area contributed by atoms with E-state index in [2.05, 4.69) is 21.2 Å². The fourth-order valence-corrected chi connectivity index (χ4v) is 5.29. The normalized spacial score (nSPS) is 15.9. The summed E-state index contributed by atoms with van der Waals surface area (Å²) < 4.78 is 46.6.